The van der Waals surface area contributed by atoms with E-state index < -0.39 is 5.97 Å². The third-order valence-electron chi connectivity index (χ3n) is 8.38. The van der Waals surface area contributed by atoms with Crippen LogP contribution in [0.1, 0.15) is 38.6 Å². The average molecular weight is 584 g/mol. The predicted molar refractivity (Wildman–Crippen MR) is 166 cm³/mol. The van der Waals surface area contributed by atoms with Crippen LogP contribution in [0.25, 0.3) is 33.3 Å². The van der Waals surface area contributed by atoms with Gasteiger partial charge in [0.15, 0.2) is 17.0 Å². The highest BCUT2D eigenvalue weighted by Gasteiger charge is 2.30. The van der Waals surface area contributed by atoms with E-state index in [4.69, 9.17) is 25.3 Å². The molecule has 5 aromatic rings. The third kappa shape index (κ3) is 6.15. The molecular formula is C31H37N9O3. The normalized spacial score (nSPS) is 19.7. The van der Waals surface area contributed by atoms with Crippen molar-refractivity contribution in [2.75, 3.05) is 44.3 Å². The molecule has 0 spiro atoms. The number of carboxylic acids is 1. The van der Waals surface area contributed by atoms with Gasteiger partial charge in [0.25, 0.3) is 5.97 Å². The lowest BCUT2D eigenvalue weighted by Crippen LogP contribution is -2.49. The molecule has 0 atom stereocenters. The van der Waals surface area contributed by atoms with Crippen molar-refractivity contribution in [3.8, 4) is 11.3 Å². The number of para-hydroxylation sites is 1. The lowest BCUT2D eigenvalue weighted by Gasteiger charge is -2.41. The predicted octanol–water partition coefficient (Wildman–Crippen LogP) is 4.78. The number of aromatic nitrogens is 5. The summed E-state index contributed by atoms with van der Waals surface area (Å²) in [7, 11) is 2.21. The highest BCUT2D eigenvalue weighted by atomic mass is 16.5. The number of fused-ring (bicyclic) bond motifs is 2. The molecule has 1 saturated carbocycles. The lowest BCUT2D eigenvalue weighted by molar-refractivity contribution is -0.134. The number of nitrogens with one attached hydrogen (secondary N) is 1. The van der Waals surface area contributed by atoms with Crippen molar-refractivity contribution < 1.29 is 14.4 Å². The number of hydrogen-bond donors (Lipinski definition) is 3. The zero-order valence-corrected chi connectivity index (χ0v) is 24.5. The molecule has 0 bridgehead atoms. The molecule has 0 radical (unpaired) electrons. The summed E-state index contributed by atoms with van der Waals surface area (Å²) < 4.78 is 7.53. The molecule has 224 valence electrons. The van der Waals surface area contributed by atoms with E-state index in [9.17, 15) is 0 Å². The van der Waals surface area contributed by atoms with E-state index in [1.165, 1.54) is 25.9 Å². The van der Waals surface area contributed by atoms with Gasteiger partial charge < -0.3 is 25.6 Å². The van der Waals surface area contributed by atoms with Crippen LogP contribution in [0, 0.1) is 0 Å². The molecule has 2 fully saturated rings. The number of carbonyl (C=O) groups is 1. The van der Waals surface area contributed by atoms with Crippen LogP contribution >= 0.6 is 0 Å². The van der Waals surface area contributed by atoms with Crippen molar-refractivity contribution in [3.63, 3.8) is 0 Å². The van der Waals surface area contributed by atoms with Gasteiger partial charge in [-0.15, -0.1) is 0 Å². The number of nitrogens with two attached hydrogens (primary N) is 1. The maximum Gasteiger partial charge on any atom is 0.300 e. The van der Waals surface area contributed by atoms with Crippen molar-refractivity contribution in [3.05, 3.63) is 54.9 Å². The summed E-state index contributed by atoms with van der Waals surface area (Å²) in [4.78, 5) is 23.0. The molecule has 12 heteroatoms. The van der Waals surface area contributed by atoms with Gasteiger partial charge in [-0.3, -0.25) is 9.69 Å². The molecule has 1 aliphatic carbocycles. The quantitative estimate of drug-likeness (QED) is 0.262. The van der Waals surface area contributed by atoms with Crippen LogP contribution in [0.2, 0.25) is 0 Å². The van der Waals surface area contributed by atoms with Crippen LogP contribution in [0.15, 0.2) is 59.4 Å². The number of aliphatic carboxylic acids is 1. The average Bonchev–Trinajstić information content (AvgIpc) is 3.61. The van der Waals surface area contributed by atoms with E-state index in [1.807, 2.05) is 48.5 Å². The van der Waals surface area contributed by atoms with Gasteiger partial charge in [0.1, 0.15) is 17.8 Å². The summed E-state index contributed by atoms with van der Waals surface area (Å²) in [5.41, 5.74) is 10.7. The first-order chi connectivity index (χ1) is 20.9. The van der Waals surface area contributed by atoms with Crippen LogP contribution in [0.3, 0.4) is 0 Å². The fourth-order valence-electron chi connectivity index (χ4n) is 6.13. The number of hydrogen-bond acceptors (Lipinski definition) is 10. The summed E-state index contributed by atoms with van der Waals surface area (Å²) in [6, 6.07) is 16.9. The SMILES string of the molecule is CC(=O)O.CN1CCN([C@H]2CC[C@H](n3nc(-c4ccc(Nc5noc6ccccc56)cc4)c4c(N)ncnc43)CC2)CC1. The van der Waals surface area contributed by atoms with Gasteiger partial charge in [-0.25, -0.2) is 14.6 Å². The van der Waals surface area contributed by atoms with E-state index in [0.29, 0.717) is 23.7 Å². The zero-order chi connectivity index (χ0) is 29.9. The van der Waals surface area contributed by atoms with Gasteiger partial charge in [-0.05, 0) is 57.0 Å². The Labute approximate surface area is 249 Å². The monoisotopic (exact) mass is 583 g/mol. The van der Waals surface area contributed by atoms with Crippen LogP contribution < -0.4 is 11.1 Å². The minimum Gasteiger partial charge on any atom is -0.481 e. The largest absolute Gasteiger partial charge is 0.481 e. The Morgan fingerprint density at radius 1 is 0.977 bits per heavy atom. The van der Waals surface area contributed by atoms with Crippen LogP contribution in [-0.2, 0) is 4.79 Å². The Kier molecular flexibility index (Phi) is 8.21. The number of piperazine rings is 1. The molecule has 43 heavy (non-hydrogen) atoms. The summed E-state index contributed by atoms with van der Waals surface area (Å²) in [5, 5.41) is 21.8. The number of benzene rings is 2. The lowest BCUT2D eigenvalue weighted by atomic mass is 9.90. The van der Waals surface area contributed by atoms with Crippen LogP contribution in [0.5, 0.6) is 0 Å². The maximum absolute atomic E-state index is 9.00. The number of likely N-dealkylation sites (N-methyl/N-ethyl adjacent to an activating group) is 1. The second-order valence-corrected chi connectivity index (χ2v) is 11.3. The standard InChI is InChI=1S/C29H33N9O.C2H4O2/c1-36-14-16-37(17-15-36)21-10-12-22(13-11-21)38-29-25(27(30)31-18-32-29)26(34-38)19-6-8-20(9-7-19)33-28-23-4-2-3-5-24(23)39-35-28;1-2(3)4/h2-9,18,21-22H,10-17H2,1H3,(H,33,35)(H2,30,31,32);1H3,(H,3,4)/t21-,22-;. The summed E-state index contributed by atoms with van der Waals surface area (Å²) in [6.45, 7) is 5.74. The van der Waals surface area contributed by atoms with E-state index in [1.54, 1.807) is 6.33 Å². The minimum atomic E-state index is -0.833. The fraction of sp³-hybridized carbons (Fsp3) is 0.387. The van der Waals surface area contributed by atoms with E-state index in [0.717, 1.165) is 71.8 Å². The highest BCUT2D eigenvalue weighted by Crippen LogP contribution is 2.37. The molecule has 4 N–H and O–H groups in total. The van der Waals surface area contributed by atoms with Gasteiger partial charge in [-0.1, -0.05) is 29.4 Å². The molecule has 2 aliphatic rings. The fourth-order valence-corrected chi connectivity index (χ4v) is 6.13. The minimum absolute atomic E-state index is 0.306. The summed E-state index contributed by atoms with van der Waals surface area (Å²) >= 11 is 0. The zero-order valence-electron chi connectivity index (χ0n) is 24.5. The van der Waals surface area contributed by atoms with E-state index >= 15 is 0 Å². The van der Waals surface area contributed by atoms with Crippen molar-refractivity contribution in [2.45, 2.75) is 44.7 Å². The molecule has 2 aromatic carbocycles. The van der Waals surface area contributed by atoms with Gasteiger partial charge in [-0.2, -0.15) is 5.10 Å². The molecule has 3 aromatic heterocycles. The third-order valence-corrected chi connectivity index (χ3v) is 8.38. The number of nitrogen functional groups attached to an aromatic ring is 1. The molecule has 0 amide bonds. The smallest absolute Gasteiger partial charge is 0.300 e. The molecule has 1 aliphatic heterocycles. The second kappa shape index (κ2) is 12.4. The first-order valence-corrected chi connectivity index (χ1v) is 14.7. The summed E-state index contributed by atoms with van der Waals surface area (Å²) in [6.07, 6.45) is 6.09. The first kappa shape index (κ1) is 28.6. The Bertz CT molecular complexity index is 1700. The highest BCUT2D eigenvalue weighted by molar-refractivity contribution is 5.98. The Hall–Kier alpha value is -4.55. The molecular weight excluding hydrogens is 546 g/mol. The van der Waals surface area contributed by atoms with Crippen molar-refractivity contribution in [2.24, 2.45) is 0 Å². The van der Waals surface area contributed by atoms with Gasteiger partial charge in [0, 0.05) is 50.4 Å². The van der Waals surface area contributed by atoms with Crippen molar-refractivity contribution >= 4 is 45.3 Å². The molecule has 4 heterocycles. The molecule has 1 saturated heterocycles. The van der Waals surface area contributed by atoms with Gasteiger partial charge >= 0.3 is 0 Å². The molecule has 7 rings (SSSR count). The Balaban J connectivity index is 0.000000777. The topological polar surface area (TPSA) is 151 Å². The summed E-state index contributed by atoms with van der Waals surface area (Å²) in [5.74, 6) is 0.321. The number of anilines is 3. The van der Waals surface area contributed by atoms with Gasteiger partial charge in [0.2, 0.25) is 0 Å². The van der Waals surface area contributed by atoms with Crippen LogP contribution in [0.4, 0.5) is 17.3 Å². The molecule has 0 unspecified atom stereocenters. The van der Waals surface area contributed by atoms with Crippen molar-refractivity contribution in [1.29, 1.82) is 0 Å². The number of carboxylic acid groups (broad SMARTS) is 1. The molecule has 12 nitrogen and oxygen atoms in total. The Morgan fingerprint density at radius 3 is 2.37 bits per heavy atom. The van der Waals surface area contributed by atoms with E-state index in [-0.39, 0.29) is 0 Å². The van der Waals surface area contributed by atoms with Gasteiger partial charge in [0.05, 0.1) is 16.8 Å². The number of nitrogens with zero attached hydrogens (tertiary/aromatic N) is 7. The van der Waals surface area contributed by atoms with E-state index in [2.05, 4.69) is 42.0 Å². The second-order valence-electron chi connectivity index (χ2n) is 11.3. The maximum atomic E-state index is 9.00. The van der Waals surface area contributed by atoms with Crippen molar-refractivity contribution in [1.82, 2.24) is 34.7 Å². The first-order valence-electron chi connectivity index (χ1n) is 14.7. The Morgan fingerprint density at radius 2 is 1.65 bits per heavy atom. The number of rotatable bonds is 5. The van der Waals surface area contributed by atoms with Crippen LogP contribution in [-0.4, -0.2) is 85.0 Å².